The third-order valence-corrected chi connectivity index (χ3v) is 2.29. The molecule has 1 atom stereocenters. The zero-order valence-electron chi connectivity index (χ0n) is 7.16. The van der Waals surface area contributed by atoms with E-state index in [0.717, 1.165) is 0 Å². The number of alkyl halides is 2. The second kappa shape index (κ2) is 4.32. The molecule has 66 valence electrons. The number of carbonyl (C=O) groups excluding carboxylic acids is 1. The number of Topliss-reactive ketones (excluding diaryl/α,β-unsaturated/α-hetero) is 1. The van der Waals surface area contributed by atoms with Crippen molar-refractivity contribution in [1.82, 2.24) is 0 Å². The van der Waals surface area contributed by atoms with Crippen LogP contribution < -0.4 is 0 Å². The SMILES string of the molecule is CC(C)(C)C(CCl)C(=O)CCl. The van der Waals surface area contributed by atoms with Gasteiger partial charge in [0.15, 0.2) is 5.78 Å². The van der Waals surface area contributed by atoms with Gasteiger partial charge in [0.2, 0.25) is 0 Å². The van der Waals surface area contributed by atoms with Crippen LogP contribution in [0.5, 0.6) is 0 Å². The van der Waals surface area contributed by atoms with E-state index in [1.165, 1.54) is 0 Å². The van der Waals surface area contributed by atoms with Crippen LogP contribution in [-0.2, 0) is 4.79 Å². The van der Waals surface area contributed by atoms with Gasteiger partial charge in [-0.1, -0.05) is 20.8 Å². The summed E-state index contributed by atoms with van der Waals surface area (Å²) in [6.45, 7) is 5.97. The molecule has 0 fully saturated rings. The molecular formula is C8H14Cl2O. The van der Waals surface area contributed by atoms with Crippen molar-refractivity contribution in [2.75, 3.05) is 11.8 Å². The number of halogens is 2. The summed E-state index contributed by atoms with van der Waals surface area (Å²) >= 11 is 11.1. The van der Waals surface area contributed by atoms with Gasteiger partial charge in [-0.3, -0.25) is 4.79 Å². The van der Waals surface area contributed by atoms with E-state index in [1.54, 1.807) is 0 Å². The van der Waals surface area contributed by atoms with E-state index in [2.05, 4.69) is 0 Å². The summed E-state index contributed by atoms with van der Waals surface area (Å²) in [5.41, 5.74) is -0.0757. The Morgan fingerprint density at radius 1 is 1.36 bits per heavy atom. The Hall–Kier alpha value is 0.250. The van der Waals surface area contributed by atoms with Crippen molar-refractivity contribution in [1.29, 1.82) is 0 Å². The third kappa shape index (κ3) is 3.44. The normalized spacial score (nSPS) is 14.6. The van der Waals surface area contributed by atoms with E-state index in [9.17, 15) is 4.79 Å². The van der Waals surface area contributed by atoms with Crippen LogP contribution in [0.15, 0.2) is 0 Å². The first-order chi connectivity index (χ1) is 4.93. The molecule has 1 nitrogen and oxygen atoms in total. The fourth-order valence-corrected chi connectivity index (χ4v) is 1.71. The van der Waals surface area contributed by atoms with Gasteiger partial charge >= 0.3 is 0 Å². The Labute approximate surface area is 78.1 Å². The number of carbonyl (C=O) groups is 1. The molecule has 0 aliphatic rings. The second-order valence-electron chi connectivity index (χ2n) is 3.67. The maximum Gasteiger partial charge on any atom is 0.152 e. The number of rotatable bonds is 3. The minimum Gasteiger partial charge on any atom is -0.298 e. The monoisotopic (exact) mass is 196 g/mol. The molecule has 0 aromatic heterocycles. The van der Waals surface area contributed by atoms with Crippen LogP contribution >= 0.6 is 23.2 Å². The molecule has 0 aromatic carbocycles. The molecular weight excluding hydrogens is 183 g/mol. The summed E-state index contributed by atoms with van der Waals surface area (Å²) in [6.07, 6.45) is 0. The Kier molecular flexibility index (Phi) is 4.42. The number of hydrogen-bond acceptors (Lipinski definition) is 1. The van der Waals surface area contributed by atoms with Crippen LogP contribution in [0.1, 0.15) is 20.8 Å². The molecule has 0 bridgehead atoms. The van der Waals surface area contributed by atoms with Crippen molar-refractivity contribution in [2.24, 2.45) is 11.3 Å². The Bertz CT molecular complexity index is 138. The Morgan fingerprint density at radius 2 is 1.82 bits per heavy atom. The summed E-state index contributed by atoms with van der Waals surface area (Å²) in [7, 11) is 0. The lowest BCUT2D eigenvalue weighted by Crippen LogP contribution is -2.30. The topological polar surface area (TPSA) is 17.1 Å². The Morgan fingerprint density at radius 3 is 1.91 bits per heavy atom. The van der Waals surface area contributed by atoms with Crippen LogP contribution in [0.25, 0.3) is 0 Å². The zero-order chi connectivity index (χ0) is 9.07. The highest BCUT2D eigenvalue weighted by Crippen LogP contribution is 2.27. The quantitative estimate of drug-likeness (QED) is 0.635. The van der Waals surface area contributed by atoms with Gasteiger partial charge in [0.25, 0.3) is 0 Å². The van der Waals surface area contributed by atoms with Crippen molar-refractivity contribution in [3.05, 3.63) is 0 Å². The molecule has 0 saturated carbocycles. The predicted octanol–water partition coefficient (Wildman–Crippen LogP) is 2.70. The van der Waals surface area contributed by atoms with Crippen molar-refractivity contribution in [3.8, 4) is 0 Å². The maximum absolute atomic E-state index is 11.2. The molecule has 0 amide bonds. The maximum atomic E-state index is 11.2. The second-order valence-corrected chi connectivity index (χ2v) is 4.25. The average molecular weight is 197 g/mol. The summed E-state index contributed by atoms with van der Waals surface area (Å²) in [6, 6.07) is 0. The molecule has 0 saturated heterocycles. The van der Waals surface area contributed by atoms with Crippen LogP contribution in [-0.4, -0.2) is 17.5 Å². The fraction of sp³-hybridized carbons (Fsp3) is 0.875. The van der Waals surface area contributed by atoms with Gasteiger partial charge < -0.3 is 0 Å². The summed E-state index contributed by atoms with van der Waals surface area (Å²) < 4.78 is 0. The van der Waals surface area contributed by atoms with E-state index in [4.69, 9.17) is 23.2 Å². The van der Waals surface area contributed by atoms with Crippen LogP contribution in [0.2, 0.25) is 0 Å². The molecule has 0 N–H and O–H groups in total. The zero-order valence-corrected chi connectivity index (χ0v) is 8.67. The van der Waals surface area contributed by atoms with Crippen molar-refractivity contribution < 1.29 is 4.79 Å². The largest absolute Gasteiger partial charge is 0.298 e. The van der Waals surface area contributed by atoms with Gasteiger partial charge in [0, 0.05) is 11.8 Å². The molecule has 0 heterocycles. The minimum absolute atomic E-state index is 0.0363. The van der Waals surface area contributed by atoms with Gasteiger partial charge in [-0.15, -0.1) is 23.2 Å². The molecule has 1 unspecified atom stereocenters. The third-order valence-electron chi connectivity index (χ3n) is 1.72. The lowest BCUT2D eigenvalue weighted by atomic mass is 9.80. The first-order valence-corrected chi connectivity index (χ1v) is 4.65. The van der Waals surface area contributed by atoms with E-state index < -0.39 is 0 Å². The first kappa shape index (κ1) is 11.2. The highest BCUT2D eigenvalue weighted by molar-refractivity contribution is 6.29. The molecule has 0 radical (unpaired) electrons. The van der Waals surface area contributed by atoms with E-state index in [1.807, 2.05) is 20.8 Å². The molecule has 11 heavy (non-hydrogen) atoms. The fourth-order valence-electron chi connectivity index (χ4n) is 0.894. The molecule has 0 aliphatic heterocycles. The molecule has 0 aromatic rings. The predicted molar refractivity (Wildman–Crippen MR) is 49.4 cm³/mol. The van der Waals surface area contributed by atoms with E-state index >= 15 is 0 Å². The lowest BCUT2D eigenvalue weighted by Gasteiger charge is -2.26. The first-order valence-electron chi connectivity index (χ1n) is 3.58. The van der Waals surface area contributed by atoms with Crippen LogP contribution in [0.4, 0.5) is 0 Å². The molecule has 0 rings (SSSR count). The van der Waals surface area contributed by atoms with Gasteiger partial charge in [-0.25, -0.2) is 0 Å². The minimum atomic E-state index is -0.123. The van der Waals surface area contributed by atoms with Gasteiger partial charge in [0.05, 0.1) is 5.88 Å². The van der Waals surface area contributed by atoms with Crippen molar-refractivity contribution >= 4 is 29.0 Å². The van der Waals surface area contributed by atoms with Crippen molar-refractivity contribution in [2.45, 2.75) is 20.8 Å². The van der Waals surface area contributed by atoms with Gasteiger partial charge in [0.1, 0.15) is 0 Å². The Balaban J connectivity index is 4.29. The van der Waals surface area contributed by atoms with Gasteiger partial charge in [-0.05, 0) is 5.41 Å². The highest BCUT2D eigenvalue weighted by atomic mass is 35.5. The molecule has 0 aliphatic carbocycles. The summed E-state index contributed by atoms with van der Waals surface area (Å²) in [5.74, 6) is 0.333. The summed E-state index contributed by atoms with van der Waals surface area (Å²) in [4.78, 5) is 11.2. The lowest BCUT2D eigenvalue weighted by molar-refractivity contribution is -0.122. The molecule has 3 heteroatoms. The smallest absolute Gasteiger partial charge is 0.152 e. The molecule has 0 spiro atoms. The van der Waals surface area contributed by atoms with E-state index in [0.29, 0.717) is 5.88 Å². The van der Waals surface area contributed by atoms with Gasteiger partial charge in [-0.2, -0.15) is 0 Å². The number of ketones is 1. The van der Waals surface area contributed by atoms with Crippen LogP contribution in [0, 0.1) is 11.3 Å². The van der Waals surface area contributed by atoms with Crippen molar-refractivity contribution in [3.63, 3.8) is 0 Å². The summed E-state index contributed by atoms with van der Waals surface area (Å²) in [5, 5.41) is 0. The average Bonchev–Trinajstić information content (AvgIpc) is 1.86. The number of hydrogen-bond donors (Lipinski definition) is 0. The standard InChI is InChI=1S/C8H14Cl2O/c1-8(2,3)6(4-9)7(11)5-10/h6H,4-5H2,1-3H3. The van der Waals surface area contributed by atoms with Crippen LogP contribution in [0.3, 0.4) is 0 Å². The highest BCUT2D eigenvalue weighted by Gasteiger charge is 2.29. The van der Waals surface area contributed by atoms with E-state index in [-0.39, 0.29) is 23.0 Å².